The number of hydrogen-bond donors (Lipinski definition) is 3. The number of rotatable bonds is 7. The Bertz CT molecular complexity index is 844. The first-order valence-corrected chi connectivity index (χ1v) is 9.72. The molecule has 0 unspecified atom stereocenters. The molecule has 0 aromatic carbocycles. The summed E-state index contributed by atoms with van der Waals surface area (Å²) in [6, 6.07) is 0.258. The number of anilines is 2. The van der Waals surface area contributed by atoms with Gasteiger partial charge in [-0.25, -0.2) is 4.98 Å². The van der Waals surface area contributed by atoms with E-state index >= 15 is 0 Å². The number of pyridine rings is 1. The molecule has 11 heteroatoms. The van der Waals surface area contributed by atoms with Crippen LogP contribution in [0.1, 0.15) is 31.2 Å². The Hall–Kier alpha value is -2.23. The summed E-state index contributed by atoms with van der Waals surface area (Å²) < 4.78 is 0. The molecule has 0 spiro atoms. The van der Waals surface area contributed by atoms with Crippen molar-refractivity contribution in [3.05, 3.63) is 44.3 Å². The average molecular weight is 426 g/mol. The zero-order valence-corrected chi connectivity index (χ0v) is 16.6. The van der Waals surface area contributed by atoms with Crippen LogP contribution in [-0.2, 0) is 6.54 Å². The van der Waals surface area contributed by atoms with Crippen molar-refractivity contribution in [3.8, 4) is 0 Å². The molecule has 1 saturated carbocycles. The van der Waals surface area contributed by atoms with Crippen molar-refractivity contribution in [3.63, 3.8) is 0 Å². The maximum absolute atomic E-state index is 11.3. The summed E-state index contributed by atoms with van der Waals surface area (Å²) in [6.45, 7) is 0.887. The number of nitrogens with two attached hydrogens (primary N) is 1. The Morgan fingerprint density at radius 2 is 1.93 bits per heavy atom. The van der Waals surface area contributed by atoms with Gasteiger partial charge in [-0.3, -0.25) is 15.1 Å². The molecular weight excluding hydrogens is 405 g/mol. The van der Waals surface area contributed by atoms with Gasteiger partial charge < -0.3 is 16.4 Å². The molecule has 0 radical (unpaired) electrons. The van der Waals surface area contributed by atoms with Crippen LogP contribution in [0.25, 0.3) is 0 Å². The molecule has 28 heavy (non-hydrogen) atoms. The van der Waals surface area contributed by atoms with Gasteiger partial charge in [0.05, 0.1) is 15.0 Å². The molecule has 0 atom stereocenters. The maximum atomic E-state index is 11.3. The molecule has 0 aliphatic heterocycles. The van der Waals surface area contributed by atoms with Gasteiger partial charge in [0.2, 0.25) is 11.8 Å². The normalized spacial score (nSPS) is 19.2. The fourth-order valence-corrected chi connectivity index (χ4v) is 3.46. The van der Waals surface area contributed by atoms with Crippen LogP contribution in [0.4, 0.5) is 17.5 Å². The fraction of sp³-hybridized carbons (Fsp3) is 0.471. The Balaban J connectivity index is 1.68. The Morgan fingerprint density at radius 1 is 1.18 bits per heavy atom. The van der Waals surface area contributed by atoms with Crippen LogP contribution >= 0.6 is 23.2 Å². The molecule has 0 saturated heterocycles. The van der Waals surface area contributed by atoms with Crippen molar-refractivity contribution < 1.29 is 4.92 Å². The second-order valence-corrected chi connectivity index (χ2v) is 7.58. The highest BCUT2D eigenvalue weighted by Crippen LogP contribution is 2.27. The van der Waals surface area contributed by atoms with E-state index in [1.165, 1.54) is 12.4 Å². The van der Waals surface area contributed by atoms with Crippen LogP contribution in [0.15, 0.2) is 18.6 Å². The highest BCUT2D eigenvalue weighted by Gasteiger charge is 2.22. The van der Waals surface area contributed by atoms with Gasteiger partial charge in [0, 0.05) is 37.1 Å². The molecule has 9 nitrogen and oxygen atoms in total. The van der Waals surface area contributed by atoms with Crippen LogP contribution in [0.3, 0.4) is 0 Å². The van der Waals surface area contributed by atoms with E-state index in [9.17, 15) is 10.1 Å². The molecular formula is C17H21Cl2N7O2. The van der Waals surface area contributed by atoms with Crippen LogP contribution in [0, 0.1) is 16.0 Å². The van der Waals surface area contributed by atoms with E-state index in [2.05, 4.69) is 25.6 Å². The highest BCUT2D eigenvalue weighted by molar-refractivity contribution is 6.42. The lowest BCUT2D eigenvalue weighted by molar-refractivity contribution is -0.384. The lowest BCUT2D eigenvalue weighted by Gasteiger charge is -2.26. The van der Waals surface area contributed by atoms with Gasteiger partial charge in [-0.05, 0) is 31.6 Å². The zero-order valence-electron chi connectivity index (χ0n) is 15.1. The number of halogens is 2. The van der Waals surface area contributed by atoms with Crippen molar-refractivity contribution in [1.82, 2.24) is 15.0 Å². The zero-order chi connectivity index (χ0) is 20.1. The van der Waals surface area contributed by atoms with E-state index in [0.29, 0.717) is 28.1 Å². The summed E-state index contributed by atoms with van der Waals surface area (Å²) in [4.78, 5) is 23.1. The SMILES string of the molecule is NC1CCC(CNc2nc(NCc3cncc(Cl)c3Cl)ncc2[N+](=O)[O-])CC1. The van der Waals surface area contributed by atoms with Gasteiger partial charge in [-0.1, -0.05) is 23.2 Å². The molecule has 0 bridgehead atoms. The summed E-state index contributed by atoms with van der Waals surface area (Å²) in [6.07, 6.45) is 8.16. The van der Waals surface area contributed by atoms with Crippen molar-refractivity contribution in [1.29, 1.82) is 0 Å². The summed E-state index contributed by atoms with van der Waals surface area (Å²) in [5.74, 6) is 0.851. The second kappa shape index (κ2) is 9.31. The van der Waals surface area contributed by atoms with E-state index < -0.39 is 4.92 Å². The Kier molecular flexibility index (Phi) is 6.82. The van der Waals surface area contributed by atoms with Gasteiger partial charge in [0.25, 0.3) is 0 Å². The van der Waals surface area contributed by atoms with Crippen LogP contribution in [0.5, 0.6) is 0 Å². The first-order valence-electron chi connectivity index (χ1n) is 8.96. The van der Waals surface area contributed by atoms with Crippen molar-refractivity contribution in [2.24, 2.45) is 11.7 Å². The van der Waals surface area contributed by atoms with Crippen molar-refractivity contribution in [2.45, 2.75) is 38.3 Å². The standard InChI is InChI=1S/C17H21Cl2N7O2/c18-13-8-21-6-11(15(13)19)7-23-17-24-9-14(26(27)28)16(25-17)22-5-10-1-3-12(20)4-2-10/h6,8-10,12H,1-5,7,20H2,(H2,22,23,24,25). The van der Waals surface area contributed by atoms with Gasteiger partial charge >= 0.3 is 5.69 Å². The number of hydrogen-bond acceptors (Lipinski definition) is 8. The third kappa shape index (κ3) is 5.18. The summed E-state index contributed by atoms with van der Waals surface area (Å²) in [5, 5.41) is 18.1. The minimum absolute atomic E-state index is 0.166. The Morgan fingerprint density at radius 3 is 2.64 bits per heavy atom. The predicted octanol–water partition coefficient (Wildman–Crippen LogP) is 3.63. The molecule has 1 aliphatic carbocycles. The van der Waals surface area contributed by atoms with E-state index in [4.69, 9.17) is 28.9 Å². The minimum atomic E-state index is -0.499. The van der Waals surface area contributed by atoms with Gasteiger partial charge in [0.15, 0.2) is 0 Å². The van der Waals surface area contributed by atoms with E-state index in [1.807, 2.05) is 0 Å². The first kappa shape index (κ1) is 20.5. The largest absolute Gasteiger partial charge is 0.364 e. The maximum Gasteiger partial charge on any atom is 0.329 e. The van der Waals surface area contributed by atoms with Crippen molar-refractivity contribution >= 4 is 40.7 Å². The molecule has 2 aromatic heterocycles. The monoisotopic (exact) mass is 425 g/mol. The first-order chi connectivity index (χ1) is 13.4. The van der Waals surface area contributed by atoms with Crippen LogP contribution < -0.4 is 16.4 Å². The lowest BCUT2D eigenvalue weighted by atomic mass is 9.86. The third-order valence-corrected chi connectivity index (χ3v) is 5.59. The average Bonchev–Trinajstić information content (AvgIpc) is 2.68. The third-order valence-electron chi connectivity index (χ3n) is 4.76. The number of aromatic nitrogens is 3. The molecule has 1 fully saturated rings. The van der Waals surface area contributed by atoms with E-state index in [-0.39, 0.29) is 30.0 Å². The Labute approximate surface area is 172 Å². The summed E-state index contributed by atoms with van der Waals surface area (Å²) >= 11 is 12.1. The molecule has 2 aromatic rings. The van der Waals surface area contributed by atoms with Gasteiger partial charge in [0.1, 0.15) is 6.20 Å². The molecule has 1 aliphatic rings. The van der Waals surface area contributed by atoms with Crippen LogP contribution in [-0.4, -0.2) is 32.5 Å². The lowest BCUT2D eigenvalue weighted by Crippen LogP contribution is -2.29. The molecule has 4 N–H and O–H groups in total. The topological polar surface area (TPSA) is 132 Å². The predicted molar refractivity (Wildman–Crippen MR) is 109 cm³/mol. The van der Waals surface area contributed by atoms with E-state index in [1.54, 1.807) is 6.20 Å². The van der Waals surface area contributed by atoms with E-state index in [0.717, 1.165) is 25.7 Å². The summed E-state index contributed by atoms with van der Waals surface area (Å²) in [7, 11) is 0. The van der Waals surface area contributed by atoms with Gasteiger partial charge in [-0.15, -0.1) is 0 Å². The minimum Gasteiger partial charge on any atom is -0.364 e. The second-order valence-electron chi connectivity index (χ2n) is 6.79. The quantitative estimate of drug-likeness (QED) is 0.452. The molecule has 150 valence electrons. The highest BCUT2D eigenvalue weighted by atomic mass is 35.5. The van der Waals surface area contributed by atoms with Crippen LogP contribution in [0.2, 0.25) is 10.0 Å². The molecule has 3 rings (SSSR count). The number of nitrogens with zero attached hydrogens (tertiary/aromatic N) is 4. The fourth-order valence-electron chi connectivity index (χ4n) is 3.11. The molecule has 2 heterocycles. The molecule has 0 amide bonds. The van der Waals surface area contributed by atoms with Crippen molar-refractivity contribution in [2.75, 3.05) is 17.2 Å². The summed E-state index contributed by atoms with van der Waals surface area (Å²) in [5.41, 5.74) is 6.43. The number of nitrogens with one attached hydrogen (secondary N) is 2. The number of nitro groups is 1. The van der Waals surface area contributed by atoms with Gasteiger partial charge in [-0.2, -0.15) is 4.98 Å². The smallest absolute Gasteiger partial charge is 0.329 e.